The zero-order valence-corrected chi connectivity index (χ0v) is 18.1. The zero-order chi connectivity index (χ0) is 20.1. The third-order valence-electron chi connectivity index (χ3n) is 5.20. The van der Waals surface area contributed by atoms with Gasteiger partial charge in [-0.05, 0) is 44.7 Å². The van der Waals surface area contributed by atoms with Crippen LogP contribution < -0.4 is 10.6 Å². The van der Waals surface area contributed by atoms with E-state index in [-0.39, 0.29) is 17.3 Å². The normalized spacial score (nSPS) is 17.3. The Bertz CT molecular complexity index is 759. The Morgan fingerprint density at radius 2 is 1.96 bits per heavy atom. The molecule has 6 nitrogen and oxygen atoms in total. The molecule has 0 radical (unpaired) electrons. The van der Waals surface area contributed by atoms with Crippen LogP contribution >= 0.6 is 0 Å². The van der Waals surface area contributed by atoms with E-state index in [1.165, 1.54) is 17.4 Å². The number of rotatable bonds is 7. The molecule has 1 heterocycles. The molecule has 0 saturated heterocycles. The summed E-state index contributed by atoms with van der Waals surface area (Å²) in [7, 11) is -1.20. The summed E-state index contributed by atoms with van der Waals surface area (Å²) in [6.07, 6.45) is 2.91. The van der Waals surface area contributed by atoms with Crippen LogP contribution in [0.2, 0.25) is 0 Å². The summed E-state index contributed by atoms with van der Waals surface area (Å²) >= 11 is 0. The molecule has 1 unspecified atom stereocenters. The monoisotopic (exact) mass is 394 g/mol. The molecule has 1 atom stereocenters. The zero-order valence-electron chi connectivity index (χ0n) is 17.2. The second-order valence-corrected chi connectivity index (χ2v) is 10.4. The molecule has 1 aliphatic rings. The second-order valence-electron chi connectivity index (χ2n) is 8.14. The molecule has 152 valence electrons. The lowest BCUT2D eigenvalue weighted by Crippen LogP contribution is -2.55. The Morgan fingerprint density at radius 1 is 1.30 bits per heavy atom. The van der Waals surface area contributed by atoms with E-state index in [9.17, 15) is 8.42 Å². The third kappa shape index (κ3) is 6.81. The standard InChI is InChI=1S/C20H34N4O2S/c1-16(11-13-27(5,25)26)23-19(21-4)22-15-20(2,3)24-12-10-17-8-6-7-9-18(17)14-24/h6-9,16H,10-15H2,1-5H3,(H2,21,22,23). The number of aliphatic imine (C=N–C) groups is 1. The predicted octanol–water partition coefficient (Wildman–Crippen LogP) is 1.81. The predicted molar refractivity (Wildman–Crippen MR) is 113 cm³/mol. The van der Waals surface area contributed by atoms with Gasteiger partial charge in [-0.1, -0.05) is 24.3 Å². The first-order valence-corrected chi connectivity index (χ1v) is 11.6. The number of nitrogens with one attached hydrogen (secondary N) is 2. The van der Waals surface area contributed by atoms with Crippen molar-refractivity contribution in [1.82, 2.24) is 15.5 Å². The minimum absolute atomic E-state index is 0.0266. The molecule has 0 saturated carbocycles. The SMILES string of the molecule is CN=C(NCC(C)(C)N1CCc2ccccc2C1)NC(C)CCS(C)(=O)=O. The van der Waals surface area contributed by atoms with E-state index in [0.29, 0.717) is 12.4 Å². The molecule has 2 rings (SSSR count). The maximum absolute atomic E-state index is 11.3. The Kier molecular flexibility index (Phi) is 7.28. The van der Waals surface area contributed by atoms with Crippen molar-refractivity contribution in [1.29, 1.82) is 0 Å². The van der Waals surface area contributed by atoms with Crippen molar-refractivity contribution in [2.24, 2.45) is 4.99 Å². The molecule has 1 aromatic rings. The van der Waals surface area contributed by atoms with Crippen LogP contribution in [0.15, 0.2) is 29.3 Å². The van der Waals surface area contributed by atoms with Crippen LogP contribution in [0.1, 0.15) is 38.3 Å². The molecule has 1 aliphatic heterocycles. The van der Waals surface area contributed by atoms with Crippen molar-refractivity contribution in [2.75, 3.05) is 32.1 Å². The van der Waals surface area contributed by atoms with Crippen LogP contribution in [0, 0.1) is 0 Å². The lowest BCUT2D eigenvalue weighted by Gasteiger charge is -2.42. The summed E-state index contributed by atoms with van der Waals surface area (Å²) < 4.78 is 22.7. The van der Waals surface area contributed by atoms with Crippen molar-refractivity contribution in [2.45, 2.75) is 51.7 Å². The quantitative estimate of drug-likeness (QED) is 0.545. The average Bonchev–Trinajstić information content (AvgIpc) is 2.62. The summed E-state index contributed by atoms with van der Waals surface area (Å²) in [4.78, 5) is 6.79. The van der Waals surface area contributed by atoms with E-state index in [1.807, 2.05) is 6.92 Å². The summed E-state index contributed by atoms with van der Waals surface area (Å²) in [5, 5.41) is 6.69. The molecule has 0 amide bonds. The van der Waals surface area contributed by atoms with Gasteiger partial charge >= 0.3 is 0 Å². The molecule has 0 spiro atoms. The van der Waals surface area contributed by atoms with Gasteiger partial charge in [0.25, 0.3) is 0 Å². The number of fused-ring (bicyclic) bond motifs is 1. The van der Waals surface area contributed by atoms with Crippen molar-refractivity contribution < 1.29 is 8.42 Å². The van der Waals surface area contributed by atoms with Gasteiger partial charge in [-0.3, -0.25) is 9.89 Å². The van der Waals surface area contributed by atoms with Gasteiger partial charge in [0.2, 0.25) is 0 Å². The smallest absolute Gasteiger partial charge is 0.191 e. The molecule has 27 heavy (non-hydrogen) atoms. The Labute approximate surface area is 164 Å². The summed E-state index contributed by atoms with van der Waals surface area (Å²) in [5.74, 6) is 0.887. The van der Waals surface area contributed by atoms with Gasteiger partial charge in [0.1, 0.15) is 9.84 Å². The molecule has 0 bridgehead atoms. The van der Waals surface area contributed by atoms with Gasteiger partial charge in [-0.15, -0.1) is 0 Å². The van der Waals surface area contributed by atoms with Gasteiger partial charge in [-0.25, -0.2) is 8.42 Å². The summed E-state index contributed by atoms with van der Waals surface area (Å²) in [5.41, 5.74) is 2.84. The number of guanidine groups is 1. The molecule has 1 aromatic carbocycles. The van der Waals surface area contributed by atoms with Gasteiger partial charge < -0.3 is 10.6 Å². The Morgan fingerprint density at radius 3 is 2.59 bits per heavy atom. The molecule has 0 aliphatic carbocycles. The maximum atomic E-state index is 11.3. The fourth-order valence-corrected chi connectivity index (χ4v) is 4.10. The fourth-order valence-electron chi connectivity index (χ4n) is 3.32. The number of hydrogen-bond donors (Lipinski definition) is 2. The van der Waals surface area contributed by atoms with E-state index in [0.717, 1.165) is 26.1 Å². The molecule has 0 fully saturated rings. The van der Waals surface area contributed by atoms with Gasteiger partial charge in [0, 0.05) is 44.5 Å². The topological polar surface area (TPSA) is 73.8 Å². The highest BCUT2D eigenvalue weighted by Gasteiger charge is 2.29. The van der Waals surface area contributed by atoms with Crippen molar-refractivity contribution in [3.63, 3.8) is 0 Å². The molecule has 7 heteroatoms. The van der Waals surface area contributed by atoms with Crippen molar-refractivity contribution >= 4 is 15.8 Å². The lowest BCUT2D eigenvalue weighted by atomic mass is 9.94. The van der Waals surface area contributed by atoms with Crippen molar-refractivity contribution in [3.8, 4) is 0 Å². The largest absolute Gasteiger partial charge is 0.355 e. The molecule has 0 aromatic heterocycles. The minimum atomic E-state index is -2.94. The highest BCUT2D eigenvalue weighted by atomic mass is 32.2. The minimum Gasteiger partial charge on any atom is -0.355 e. The van der Waals surface area contributed by atoms with Crippen LogP contribution in [0.5, 0.6) is 0 Å². The van der Waals surface area contributed by atoms with E-state index < -0.39 is 9.84 Å². The van der Waals surface area contributed by atoms with E-state index >= 15 is 0 Å². The van der Waals surface area contributed by atoms with Gasteiger partial charge in [-0.2, -0.15) is 0 Å². The summed E-state index contributed by atoms with van der Waals surface area (Å²) in [6, 6.07) is 8.70. The molecular formula is C20H34N4O2S. The first kappa shape index (κ1) is 21.7. The first-order valence-electron chi connectivity index (χ1n) is 9.57. The number of nitrogens with zero attached hydrogens (tertiary/aromatic N) is 2. The highest BCUT2D eigenvalue weighted by Crippen LogP contribution is 2.24. The van der Waals surface area contributed by atoms with Crippen LogP contribution in [-0.2, 0) is 22.8 Å². The molecule has 2 N–H and O–H groups in total. The molecular weight excluding hydrogens is 360 g/mol. The number of benzene rings is 1. The Balaban J connectivity index is 1.87. The summed E-state index contributed by atoms with van der Waals surface area (Å²) in [6.45, 7) is 9.23. The van der Waals surface area contributed by atoms with Gasteiger partial charge in [0.05, 0.1) is 5.75 Å². The van der Waals surface area contributed by atoms with Crippen LogP contribution in [0.25, 0.3) is 0 Å². The second kappa shape index (κ2) is 9.06. The van der Waals surface area contributed by atoms with E-state index in [1.54, 1.807) is 7.05 Å². The van der Waals surface area contributed by atoms with E-state index in [2.05, 4.69) is 58.6 Å². The first-order chi connectivity index (χ1) is 12.6. The van der Waals surface area contributed by atoms with Crippen LogP contribution in [0.3, 0.4) is 0 Å². The van der Waals surface area contributed by atoms with Gasteiger partial charge in [0.15, 0.2) is 5.96 Å². The average molecular weight is 395 g/mol. The number of hydrogen-bond acceptors (Lipinski definition) is 4. The third-order valence-corrected chi connectivity index (χ3v) is 6.18. The highest BCUT2D eigenvalue weighted by molar-refractivity contribution is 7.90. The Hall–Kier alpha value is -1.60. The van der Waals surface area contributed by atoms with Crippen LogP contribution in [-0.4, -0.2) is 63.0 Å². The van der Waals surface area contributed by atoms with Crippen molar-refractivity contribution in [3.05, 3.63) is 35.4 Å². The van der Waals surface area contributed by atoms with E-state index in [4.69, 9.17) is 0 Å². The van der Waals surface area contributed by atoms with Crippen LogP contribution in [0.4, 0.5) is 0 Å². The number of sulfone groups is 1. The maximum Gasteiger partial charge on any atom is 0.191 e. The fraction of sp³-hybridized carbons (Fsp3) is 0.650. The lowest BCUT2D eigenvalue weighted by molar-refractivity contribution is 0.107.